The van der Waals surface area contributed by atoms with Crippen molar-refractivity contribution in [3.63, 3.8) is 0 Å². The van der Waals surface area contributed by atoms with Crippen LogP contribution in [0.15, 0.2) is 24.3 Å². The van der Waals surface area contributed by atoms with Gasteiger partial charge in [0.1, 0.15) is 10.9 Å². The van der Waals surface area contributed by atoms with Crippen LogP contribution in [0.5, 0.6) is 5.75 Å². The molecule has 0 amide bonds. The predicted octanol–water partition coefficient (Wildman–Crippen LogP) is 3.94. The van der Waals surface area contributed by atoms with Crippen LogP contribution in [0.25, 0.3) is 11.4 Å². The van der Waals surface area contributed by atoms with E-state index in [0.29, 0.717) is 17.6 Å². The van der Waals surface area contributed by atoms with Crippen LogP contribution in [0.3, 0.4) is 0 Å². The maximum Gasteiger partial charge on any atom is 0.164 e. The summed E-state index contributed by atoms with van der Waals surface area (Å²) in [6, 6.07) is 7.79. The highest BCUT2D eigenvalue weighted by Gasteiger charge is 2.20. The van der Waals surface area contributed by atoms with Crippen LogP contribution in [0.4, 0.5) is 0 Å². The summed E-state index contributed by atoms with van der Waals surface area (Å²) < 4.78 is 5.62. The van der Waals surface area contributed by atoms with Crippen molar-refractivity contribution in [2.24, 2.45) is 0 Å². The van der Waals surface area contributed by atoms with Gasteiger partial charge >= 0.3 is 0 Å². The fourth-order valence-corrected chi connectivity index (χ4v) is 3.44. The van der Waals surface area contributed by atoms with Crippen LogP contribution in [0.2, 0.25) is 5.15 Å². The maximum atomic E-state index is 6.25. The number of aromatic nitrogens is 2. The summed E-state index contributed by atoms with van der Waals surface area (Å²) in [5.74, 6) is 3.25. The number of halogens is 1. The fraction of sp³-hybridized carbons (Fsp3) is 0.286. The van der Waals surface area contributed by atoms with Gasteiger partial charge in [0.2, 0.25) is 0 Å². The third kappa shape index (κ3) is 2.42. The van der Waals surface area contributed by atoms with Gasteiger partial charge in [0.15, 0.2) is 5.82 Å². The Balaban J connectivity index is 2.10. The highest BCUT2D eigenvalue weighted by molar-refractivity contribution is 7.98. The zero-order valence-corrected chi connectivity index (χ0v) is 12.1. The number of fused-ring (bicyclic) bond motifs is 1. The van der Waals surface area contributed by atoms with Crippen molar-refractivity contribution in [2.75, 3.05) is 6.61 Å². The monoisotopic (exact) mass is 292 g/mol. The van der Waals surface area contributed by atoms with E-state index < -0.39 is 0 Å². The Hall–Kier alpha value is -1.26. The minimum atomic E-state index is 0.566. The zero-order chi connectivity index (χ0) is 13.2. The van der Waals surface area contributed by atoms with Gasteiger partial charge in [0.25, 0.3) is 0 Å². The molecule has 0 saturated carbocycles. The van der Waals surface area contributed by atoms with Crippen LogP contribution >= 0.6 is 23.4 Å². The molecule has 0 saturated heterocycles. The van der Waals surface area contributed by atoms with E-state index in [1.165, 1.54) is 0 Å². The van der Waals surface area contributed by atoms with Gasteiger partial charge in [-0.3, -0.25) is 0 Å². The first-order chi connectivity index (χ1) is 9.29. The van der Waals surface area contributed by atoms with Gasteiger partial charge in [-0.25, -0.2) is 9.97 Å². The molecule has 0 atom stereocenters. The second kappa shape index (κ2) is 5.39. The number of hydrogen-bond donors (Lipinski definition) is 0. The Morgan fingerprint density at radius 3 is 2.95 bits per heavy atom. The van der Waals surface area contributed by atoms with Crippen molar-refractivity contribution >= 4 is 23.4 Å². The van der Waals surface area contributed by atoms with Crippen LogP contribution < -0.4 is 4.74 Å². The summed E-state index contributed by atoms with van der Waals surface area (Å²) >= 11 is 8.07. The number of ether oxygens (including phenoxy) is 1. The first kappa shape index (κ1) is 12.8. The van der Waals surface area contributed by atoms with Gasteiger partial charge in [-0.2, -0.15) is 11.8 Å². The number of hydrogen-bond acceptors (Lipinski definition) is 4. The minimum absolute atomic E-state index is 0.566. The van der Waals surface area contributed by atoms with Crippen molar-refractivity contribution in [3.8, 4) is 17.1 Å². The lowest BCUT2D eigenvalue weighted by Crippen LogP contribution is -2.00. The number of nitrogens with zero attached hydrogens (tertiary/aromatic N) is 2. The second-order valence-corrected chi connectivity index (χ2v) is 5.53. The molecule has 0 unspecified atom stereocenters. The number of rotatable bonds is 3. The largest absolute Gasteiger partial charge is 0.493 e. The third-order valence-corrected chi connectivity index (χ3v) is 4.24. The first-order valence-corrected chi connectivity index (χ1v) is 7.68. The van der Waals surface area contributed by atoms with Crippen molar-refractivity contribution in [3.05, 3.63) is 40.7 Å². The normalized spacial score (nSPS) is 13.4. The van der Waals surface area contributed by atoms with Crippen LogP contribution in [0, 0.1) is 0 Å². The third-order valence-electron chi connectivity index (χ3n) is 2.96. The van der Waals surface area contributed by atoms with Gasteiger partial charge in [0.05, 0.1) is 17.9 Å². The minimum Gasteiger partial charge on any atom is -0.493 e. The molecule has 5 heteroatoms. The Labute approximate surface area is 121 Å². The van der Waals surface area contributed by atoms with E-state index in [1.54, 1.807) is 0 Å². The van der Waals surface area contributed by atoms with Gasteiger partial charge in [0, 0.05) is 17.1 Å². The summed E-state index contributed by atoms with van der Waals surface area (Å²) in [5.41, 5.74) is 3.02. The predicted molar refractivity (Wildman–Crippen MR) is 78.6 cm³/mol. The summed E-state index contributed by atoms with van der Waals surface area (Å²) in [5, 5.41) is 0.566. The number of para-hydroxylation sites is 1. The first-order valence-electron chi connectivity index (χ1n) is 6.15. The van der Waals surface area contributed by atoms with E-state index in [-0.39, 0.29) is 0 Å². The molecule has 3 rings (SSSR count). The average Bonchev–Trinajstić information content (AvgIpc) is 2.88. The molecule has 2 heterocycles. The molecule has 19 heavy (non-hydrogen) atoms. The lowest BCUT2D eigenvalue weighted by Gasteiger charge is -2.10. The lowest BCUT2D eigenvalue weighted by atomic mass is 10.1. The summed E-state index contributed by atoms with van der Waals surface area (Å²) in [4.78, 5) is 9.05. The zero-order valence-electron chi connectivity index (χ0n) is 10.5. The van der Waals surface area contributed by atoms with E-state index in [4.69, 9.17) is 16.3 Å². The quantitative estimate of drug-likeness (QED) is 0.803. The SMILES string of the molecule is CCOc1ccccc1-c1nc(Cl)c2c(n1)CSC2. The molecule has 0 radical (unpaired) electrons. The standard InChI is InChI=1S/C14H13ClN2OS/c1-2-18-12-6-4-3-5-9(12)14-16-11-8-19-7-10(11)13(15)17-14/h3-6H,2,7-8H2,1H3. The van der Waals surface area contributed by atoms with Crippen molar-refractivity contribution in [1.82, 2.24) is 9.97 Å². The highest BCUT2D eigenvalue weighted by Crippen LogP contribution is 2.35. The molecular formula is C14H13ClN2OS. The van der Waals surface area contributed by atoms with Crippen molar-refractivity contribution < 1.29 is 4.74 Å². The Morgan fingerprint density at radius 1 is 1.26 bits per heavy atom. The van der Waals surface area contributed by atoms with Crippen LogP contribution in [-0.2, 0) is 11.5 Å². The smallest absolute Gasteiger partial charge is 0.164 e. The molecule has 0 fully saturated rings. The number of benzene rings is 1. The molecule has 1 aliphatic rings. The summed E-state index contributed by atoms with van der Waals surface area (Å²) in [7, 11) is 0. The van der Waals surface area contributed by atoms with Crippen molar-refractivity contribution in [1.29, 1.82) is 0 Å². The molecule has 1 aromatic heterocycles. The average molecular weight is 293 g/mol. The topological polar surface area (TPSA) is 35.0 Å². The lowest BCUT2D eigenvalue weighted by molar-refractivity contribution is 0.341. The van der Waals surface area contributed by atoms with E-state index in [0.717, 1.165) is 34.1 Å². The Kier molecular flexibility index (Phi) is 3.62. The molecule has 0 spiro atoms. The van der Waals surface area contributed by atoms with Gasteiger partial charge < -0.3 is 4.74 Å². The maximum absolute atomic E-state index is 6.25. The van der Waals surface area contributed by atoms with E-state index in [9.17, 15) is 0 Å². The Morgan fingerprint density at radius 2 is 2.11 bits per heavy atom. The van der Waals surface area contributed by atoms with Crippen LogP contribution in [-0.4, -0.2) is 16.6 Å². The highest BCUT2D eigenvalue weighted by atomic mass is 35.5. The Bertz CT molecular complexity index is 618. The number of thioether (sulfide) groups is 1. The molecule has 2 aromatic rings. The molecular weight excluding hydrogens is 280 g/mol. The molecule has 3 nitrogen and oxygen atoms in total. The van der Waals surface area contributed by atoms with Crippen LogP contribution in [0.1, 0.15) is 18.2 Å². The van der Waals surface area contributed by atoms with E-state index >= 15 is 0 Å². The van der Waals surface area contributed by atoms with Gasteiger partial charge in [-0.05, 0) is 19.1 Å². The van der Waals surface area contributed by atoms with E-state index in [1.807, 2.05) is 43.0 Å². The van der Waals surface area contributed by atoms with Gasteiger partial charge in [-0.15, -0.1) is 0 Å². The van der Waals surface area contributed by atoms with Crippen molar-refractivity contribution in [2.45, 2.75) is 18.4 Å². The molecule has 0 N–H and O–H groups in total. The summed E-state index contributed by atoms with van der Waals surface area (Å²) in [6.07, 6.45) is 0. The second-order valence-electron chi connectivity index (χ2n) is 4.19. The molecule has 0 aliphatic carbocycles. The fourth-order valence-electron chi connectivity index (χ4n) is 2.07. The van der Waals surface area contributed by atoms with E-state index in [2.05, 4.69) is 9.97 Å². The molecule has 0 bridgehead atoms. The summed E-state index contributed by atoms with van der Waals surface area (Å²) in [6.45, 7) is 2.58. The molecule has 98 valence electrons. The molecule has 1 aromatic carbocycles. The molecule has 1 aliphatic heterocycles. The van der Waals surface area contributed by atoms with Gasteiger partial charge in [-0.1, -0.05) is 23.7 Å².